The Morgan fingerprint density at radius 2 is 1.05 bits per heavy atom. The van der Waals surface area contributed by atoms with E-state index in [9.17, 15) is 9.59 Å². The Bertz CT molecular complexity index is 592. The maximum Gasteiger partial charge on any atom is 0.163 e. The Morgan fingerprint density at radius 1 is 0.727 bits per heavy atom. The highest BCUT2D eigenvalue weighted by atomic mass is 16.1. The van der Waals surface area contributed by atoms with Gasteiger partial charge in [0.15, 0.2) is 11.6 Å². The van der Waals surface area contributed by atoms with Crippen LogP contribution in [0.4, 0.5) is 0 Å². The lowest BCUT2D eigenvalue weighted by Crippen LogP contribution is -2.11. The summed E-state index contributed by atoms with van der Waals surface area (Å²) in [6, 6.07) is 15.2. The van der Waals surface area contributed by atoms with Gasteiger partial charge in [0, 0.05) is 24.0 Å². The largest absolute Gasteiger partial charge is 0.294 e. The fourth-order valence-electron chi connectivity index (χ4n) is 2.42. The van der Waals surface area contributed by atoms with Crippen molar-refractivity contribution in [2.24, 2.45) is 5.92 Å². The first kappa shape index (κ1) is 16.2. The molecule has 114 valence electrons. The third-order valence-electron chi connectivity index (χ3n) is 3.81. The van der Waals surface area contributed by atoms with Gasteiger partial charge in [-0.3, -0.25) is 9.59 Å². The van der Waals surface area contributed by atoms with E-state index in [0.29, 0.717) is 12.8 Å². The standard InChI is InChI=1S/C20H22O2/c1-14-4-8-17(9-5-14)19(21)12-16(3)13-20(22)18-10-6-15(2)7-11-18/h4-11,16H,12-13H2,1-3H3. The highest BCUT2D eigenvalue weighted by Gasteiger charge is 2.15. The quantitative estimate of drug-likeness (QED) is 0.718. The molecule has 0 amide bonds. The topological polar surface area (TPSA) is 34.1 Å². The predicted molar refractivity (Wildman–Crippen MR) is 89.4 cm³/mol. The van der Waals surface area contributed by atoms with Gasteiger partial charge in [0.25, 0.3) is 0 Å². The molecule has 0 aliphatic carbocycles. The molecule has 2 aromatic carbocycles. The maximum atomic E-state index is 12.2. The summed E-state index contributed by atoms with van der Waals surface area (Å²) in [5.74, 6) is 0.246. The van der Waals surface area contributed by atoms with Gasteiger partial charge in [-0.25, -0.2) is 0 Å². The van der Waals surface area contributed by atoms with Crippen LogP contribution in [0.25, 0.3) is 0 Å². The monoisotopic (exact) mass is 294 g/mol. The number of carbonyl (C=O) groups excluding carboxylic acids is 2. The van der Waals surface area contributed by atoms with Gasteiger partial charge < -0.3 is 0 Å². The first-order valence-corrected chi connectivity index (χ1v) is 7.65. The molecule has 0 aliphatic rings. The van der Waals surface area contributed by atoms with E-state index in [2.05, 4.69) is 0 Å². The Morgan fingerprint density at radius 3 is 1.36 bits per heavy atom. The summed E-state index contributed by atoms with van der Waals surface area (Å²) in [7, 11) is 0. The van der Waals surface area contributed by atoms with Crippen LogP contribution >= 0.6 is 0 Å². The SMILES string of the molecule is Cc1ccc(C(=O)CC(C)CC(=O)c2ccc(C)cc2)cc1. The van der Waals surface area contributed by atoms with Crippen molar-refractivity contribution in [3.05, 3.63) is 70.8 Å². The highest BCUT2D eigenvalue weighted by molar-refractivity contribution is 5.98. The van der Waals surface area contributed by atoms with Crippen LogP contribution < -0.4 is 0 Å². The van der Waals surface area contributed by atoms with Crippen LogP contribution in [-0.2, 0) is 0 Å². The van der Waals surface area contributed by atoms with Crippen LogP contribution in [0.1, 0.15) is 51.6 Å². The van der Waals surface area contributed by atoms with Crippen LogP contribution in [0.15, 0.2) is 48.5 Å². The molecule has 2 rings (SSSR count). The van der Waals surface area contributed by atoms with E-state index in [-0.39, 0.29) is 17.5 Å². The lowest BCUT2D eigenvalue weighted by molar-refractivity contribution is 0.0928. The van der Waals surface area contributed by atoms with E-state index >= 15 is 0 Å². The molecular formula is C20H22O2. The maximum absolute atomic E-state index is 12.2. The van der Waals surface area contributed by atoms with Gasteiger partial charge in [0.2, 0.25) is 0 Å². The molecule has 0 fully saturated rings. The van der Waals surface area contributed by atoms with Gasteiger partial charge in [0.1, 0.15) is 0 Å². The minimum absolute atomic E-state index is 0.0441. The summed E-state index contributed by atoms with van der Waals surface area (Å²) in [5, 5.41) is 0. The third-order valence-corrected chi connectivity index (χ3v) is 3.81. The van der Waals surface area contributed by atoms with Gasteiger partial charge in [0.05, 0.1) is 0 Å². The molecule has 0 spiro atoms. The molecule has 0 bridgehead atoms. The van der Waals surface area contributed by atoms with E-state index < -0.39 is 0 Å². The van der Waals surface area contributed by atoms with Gasteiger partial charge >= 0.3 is 0 Å². The van der Waals surface area contributed by atoms with Crippen LogP contribution in [-0.4, -0.2) is 11.6 Å². The zero-order valence-corrected chi connectivity index (χ0v) is 13.4. The average molecular weight is 294 g/mol. The minimum atomic E-state index is 0.0441. The molecule has 0 heterocycles. The van der Waals surface area contributed by atoms with Gasteiger partial charge in [-0.15, -0.1) is 0 Å². The third kappa shape index (κ3) is 4.39. The number of hydrogen-bond donors (Lipinski definition) is 0. The fraction of sp³-hybridized carbons (Fsp3) is 0.300. The molecular weight excluding hydrogens is 272 g/mol. The fourth-order valence-corrected chi connectivity index (χ4v) is 2.42. The van der Waals surface area contributed by atoms with Crippen LogP contribution in [0, 0.1) is 19.8 Å². The summed E-state index contributed by atoms with van der Waals surface area (Å²) < 4.78 is 0. The van der Waals surface area contributed by atoms with Gasteiger partial charge in [-0.1, -0.05) is 66.6 Å². The van der Waals surface area contributed by atoms with E-state index in [0.717, 1.165) is 22.3 Å². The molecule has 0 aromatic heterocycles. The summed E-state index contributed by atoms with van der Waals surface area (Å²) in [6.45, 7) is 5.95. The zero-order valence-electron chi connectivity index (χ0n) is 13.4. The van der Waals surface area contributed by atoms with E-state index in [1.165, 1.54) is 0 Å². The molecule has 2 aromatic rings. The molecule has 2 nitrogen and oxygen atoms in total. The molecule has 0 atom stereocenters. The predicted octanol–water partition coefficient (Wildman–Crippen LogP) is 4.79. The van der Waals surface area contributed by atoms with E-state index in [1.54, 1.807) is 0 Å². The Hall–Kier alpha value is -2.22. The van der Waals surface area contributed by atoms with Crippen molar-refractivity contribution in [3.63, 3.8) is 0 Å². The number of aryl methyl sites for hydroxylation is 2. The average Bonchev–Trinajstić information content (AvgIpc) is 2.48. The van der Waals surface area contributed by atoms with Crippen molar-refractivity contribution >= 4 is 11.6 Å². The van der Waals surface area contributed by atoms with Gasteiger partial charge in [-0.2, -0.15) is 0 Å². The number of rotatable bonds is 6. The second-order valence-corrected chi connectivity index (χ2v) is 6.09. The number of Topliss-reactive ketones (excluding diaryl/α,β-unsaturated/α-hetero) is 2. The van der Waals surface area contributed by atoms with Crippen LogP contribution in [0.2, 0.25) is 0 Å². The van der Waals surface area contributed by atoms with Crippen molar-refractivity contribution in [1.82, 2.24) is 0 Å². The molecule has 0 saturated heterocycles. The summed E-state index contributed by atoms with van der Waals surface area (Å²) >= 11 is 0. The first-order valence-electron chi connectivity index (χ1n) is 7.65. The Kier molecular flexibility index (Phi) is 5.26. The first-order chi connectivity index (χ1) is 10.5. The molecule has 0 aliphatic heterocycles. The van der Waals surface area contributed by atoms with Crippen molar-refractivity contribution in [1.29, 1.82) is 0 Å². The molecule has 0 N–H and O–H groups in total. The van der Waals surface area contributed by atoms with Crippen LogP contribution in [0.3, 0.4) is 0 Å². The minimum Gasteiger partial charge on any atom is -0.294 e. The second-order valence-electron chi connectivity index (χ2n) is 6.09. The number of hydrogen-bond acceptors (Lipinski definition) is 2. The number of benzene rings is 2. The molecule has 2 heteroatoms. The Balaban J connectivity index is 1.93. The lowest BCUT2D eigenvalue weighted by atomic mass is 9.93. The molecule has 0 saturated carbocycles. The summed E-state index contributed by atoms with van der Waals surface area (Å²) in [4.78, 5) is 24.4. The van der Waals surface area contributed by atoms with Crippen molar-refractivity contribution < 1.29 is 9.59 Å². The summed E-state index contributed by atoms with van der Waals surface area (Å²) in [6.07, 6.45) is 0.807. The normalized spacial score (nSPS) is 10.7. The molecule has 22 heavy (non-hydrogen) atoms. The van der Waals surface area contributed by atoms with E-state index in [4.69, 9.17) is 0 Å². The summed E-state index contributed by atoms with van der Waals surface area (Å²) in [5.41, 5.74) is 3.72. The van der Waals surface area contributed by atoms with Crippen molar-refractivity contribution in [2.45, 2.75) is 33.6 Å². The van der Waals surface area contributed by atoms with Gasteiger partial charge in [-0.05, 0) is 19.8 Å². The molecule has 0 unspecified atom stereocenters. The lowest BCUT2D eigenvalue weighted by Gasteiger charge is -2.10. The number of ketones is 2. The second kappa shape index (κ2) is 7.17. The van der Waals surface area contributed by atoms with Crippen molar-refractivity contribution in [2.75, 3.05) is 0 Å². The Labute approximate surface area is 132 Å². The van der Waals surface area contributed by atoms with Crippen molar-refractivity contribution in [3.8, 4) is 0 Å². The smallest absolute Gasteiger partial charge is 0.163 e. The van der Waals surface area contributed by atoms with Crippen LogP contribution in [0.5, 0.6) is 0 Å². The zero-order chi connectivity index (χ0) is 16.1. The molecule has 0 radical (unpaired) electrons. The number of carbonyl (C=O) groups is 2. The van der Waals surface area contributed by atoms with E-state index in [1.807, 2.05) is 69.3 Å². The highest BCUT2D eigenvalue weighted by Crippen LogP contribution is 2.17.